The van der Waals surface area contributed by atoms with Crippen LogP contribution in [0.1, 0.15) is 22.1 Å². The Labute approximate surface area is 154 Å². The number of hydrogen-bond donors (Lipinski definition) is 1. The molecule has 3 aromatic rings. The van der Waals surface area contributed by atoms with Gasteiger partial charge in [-0.2, -0.15) is 0 Å². The van der Waals surface area contributed by atoms with E-state index in [1.807, 2.05) is 46.6 Å². The van der Waals surface area contributed by atoms with E-state index in [1.165, 1.54) is 4.88 Å². The summed E-state index contributed by atoms with van der Waals surface area (Å²) in [5.41, 5.74) is 3.81. The Morgan fingerprint density at radius 1 is 1.25 bits per heavy atom. The molecule has 24 heavy (non-hydrogen) atoms. The van der Waals surface area contributed by atoms with E-state index in [0.29, 0.717) is 18.0 Å². The highest BCUT2D eigenvalue weighted by atomic mass is 35.5. The summed E-state index contributed by atoms with van der Waals surface area (Å²) in [6.45, 7) is 0.594. The van der Waals surface area contributed by atoms with Crippen LogP contribution in [-0.4, -0.2) is 17.4 Å². The fourth-order valence-electron chi connectivity index (χ4n) is 2.48. The van der Waals surface area contributed by atoms with Gasteiger partial charge in [-0.15, -0.1) is 22.7 Å². The molecule has 0 aliphatic rings. The quantitative estimate of drug-likeness (QED) is 0.657. The normalized spacial score (nSPS) is 12.0. The smallest absolute Gasteiger partial charge is 0.227 e. The summed E-state index contributed by atoms with van der Waals surface area (Å²) in [4.78, 5) is 18.2. The van der Waals surface area contributed by atoms with Gasteiger partial charge in [-0.05, 0) is 35.6 Å². The fraction of sp³-hybridized carbons (Fsp3) is 0.222. The molecule has 0 fully saturated rings. The molecule has 1 atom stereocenters. The van der Waals surface area contributed by atoms with Crippen molar-refractivity contribution in [1.82, 2.24) is 10.3 Å². The molecule has 0 bridgehead atoms. The van der Waals surface area contributed by atoms with Crippen molar-refractivity contribution in [3.05, 3.63) is 73.8 Å². The van der Waals surface area contributed by atoms with Crippen molar-refractivity contribution in [2.75, 3.05) is 6.54 Å². The highest BCUT2D eigenvalue weighted by Gasteiger charge is 2.21. The maximum Gasteiger partial charge on any atom is 0.227 e. The van der Waals surface area contributed by atoms with Crippen molar-refractivity contribution in [1.29, 1.82) is 0 Å². The molecule has 0 aliphatic carbocycles. The molecule has 0 saturated carbocycles. The molecular formula is C18H17ClN2OS2. The van der Waals surface area contributed by atoms with Crippen LogP contribution in [0, 0.1) is 0 Å². The minimum atomic E-state index is -0.212. The van der Waals surface area contributed by atoms with Gasteiger partial charge in [-0.25, -0.2) is 4.98 Å². The largest absolute Gasteiger partial charge is 0.355 e. The topological polar surface area (TPSA) is 42.0 Å². The third-order valence-corrected chi connectivity index (χ3v) is 5.52. The molecule has 1 amide bonds. The molecule has 0 radical (unpaired) electrons. The number of amides is 1. The highest BCUT2D eigenvalue weighted by Crippen LogP contribution is 2.25. The van der Waals surface area contributed by atoms with Gasteiger partial charge in [0.15, 0.2) is 0 Å². The van der Waals surface area contributed by atoms with Crippen LogP contribution in [0.25, 0.3) is 0 Å². The predicted molar refractivity (Wildman–Crippen MR) is 101 cm³/mol. The van der Waals surface area contributed by atoms with Gasteiger partial charge in [0, 0.05) is 28.2 Å². The average Bonchev–Trinajstić information content (AvgIpc) is 3.27. The summed E-state index contributed by atoms with van der Waals surface area (Å²) in [6.07, 6.45) is 1.45. The zero-order chi connectivity index (χ0) is 16.8. The highest BCUT2D eigenvalue weighted by molar-refractivity contribution is 7.09. The molecule has 3 rings (SSSR count). The number of thiophene rings is 1. The Kier molecular flexibility index (Phi) is 6.01. The van der Waals surface area contributed by atoms with Gasteiger partial charge in [0.2, 0.25) is 5.91 Å². The van der Waals surface area contributed by atoms with Crippen molar-refractivity contribution in [2.45, 2.75) is 18.8 Å². The van der Waals surface area contributed by atoms with Gasteiger partial charge in [0.05, 0.1) is 17.1 Å². The van der Waals surface area contributed by atoms with E-state index < -0.39 is 0 Å². The second-order valence-corrected chi connectivity index (χ2v) is 7.60. The Balaban J connectivity index is 1.68. The Morgan fingerprint density at radius 3 is 2.75 bits per heavy atom. The van der Waals surface area contributed by atoms with Crippen LogP contribution >= 0.6 is 34.3 Å². The number of hydrogen-bond acceptors (Lipinski definition) is 4. The minimum absolute atomic E-state index is 0.0425. The van der Waals surface area contributed by atoms with Crippen LogP contribution in [0.3, 0.4) is 0 Å². The summed E-state index contributed by atoms with van der Waals surface area (Å²) in [6, 6.07) is 11.6. The Hall–Kier alpha value is -1.69. The molecule has 1 N–H and O–H groups in total. The number of nitrogens with zero attached hydrogens (tertiary/aromatic N) is 1. The summed E-state index contributed by atoms with van der Waals surface area (Å²) >= 11 is 9.22. The number of benzene rings is 1. The number of nitrogens with one attached hydrogen (secondary N) is 1. The molecule has 1 unspecified atom stereocenters. The summed E-state index contributed by atoms with van der Waals surface area (Å²) in [5.74, 6) is -0.169. The number of carbonyl (C=O) groups is 1. The first-order chi connectivity index (χ1) is 11.7. The van der Waals surface area contributed by atoms with E-state index in [9.17, 15) is 4.79 Å². The summed E-state index contributed by atoms with van der Waals surface area (Å²) in [7, 11) is 0. The van der Waals surface area contributed by atoms with Crippen LogP contribution in [0.2, 0.25) is 5.02 Å². The van der Waals surface area contributed by atoms with Crippen LogP contribution < -0.4 is 5.32 Å². The number of halogens is 1. The molecule has 0 spiro atoms. The second-order valence-electron chi connectivity index (χ2n) is 5.41. The van der Waals surface area contributed by atoms with E-state index >= 15 is 0 Å². The van der Waals surface area contributed by atoms with Crippen LogP contribution in [0.15, 0.2) is 52.7 Å². The minimum Gasteiger partial charge on any atom is -0.355 e. The first-order valence-electron chi connectivity index (χ1n) is 7.65. The lowest BCUT2D eigenvalue weighted by Crippen LogP contribution is -2.32. The third-order valence-electron chi connectivity index (χ3n) is 3.74. The zero-order valence-electron chi connectivity index (χ0n) is 12.9. The van der Waals surface area contributed by atoms with Crippen LogP contribution in [0.5, 0.6) is 0 Å². The Bertz CT molecular complexity index is 755. The van der Waals surface area contributed by atoms with E-state index in [1.54, 1.807) is 22.7 Å². The number of aromatic nitrogens is 1. The number of rotatable bonds is 7. The molecule has 1 aromatic carbocycles. The second kappa shape index (κ2) is 8.42. The maximum atomic E-state index is 12.7. The molecule has 0 aliphatic heterocycles. The Morgan fingerprint density at radius 2 is 2.08 bits per heavy atom. The van der Waals surface area contributed by atoms with Gasteiger partial charge in [0.25, 0.3) is 0 Å². The molecule has 3 nitrogen and oxygen atoms in total. The van der Waals surface area contributed by atoms with Gasteiger partial charge in [-0.3, -0.25) is 4.79 Å². The summed E-state index contributed by atoms with van der Waals surface area (Å²) < 4.78 is 0. The van der Waals surface area contributed by atoms with E-state index in [-0.39, 0.29) is 11.8 Å². The standard InChI is InChI=1S/C18H17ClN2OS2/c19-14-5-3-13(4-6-14)17(10-16-2-1-9-24-16)18(22)20-8-7-15-11-23-12-21-15/h1-6,9,11-12,17H,7-8,10H2,(H,20,22). The summed E-state index contributed by atoms with van der Waals surface area (Å²) in [5, 5.41) is 7.77. The van der Waals surface area contributed by atoms with Gasteiger partial charge in [-0.1, -0.05) is 29.8 Å². The molecule has 0 saturated heterocycles. The predicted octanol–water partition coefficient (Wildman–Crippen LogP) is 4.54. The van der Waals surface area contributed by atoms with Crippen molar-refractivity contribution in [3.8, 4) is 0 Å². The molecular weight excluding hydrogens is 360 g/mol. The maximum absolute atomic E-state index is 12.7. The molecule has 6 heteroatoms. The van der Waals surface area contributed by atoms with Crippen molar-refractivity contribution in [3.63, 3.8) is 0 Å². The van der Waals surface area contributed by atoms with Crippen molar-refractivity contribution in [2.24, 2.45) is 0 Å². The van der Waals surface area contributed by atoms with E-state index in [2.05, 4.69) is 16.4 Å². The van der Waals surface area contributed by atoms with Gasteiger partial charge >= 0.3 is 0 Å². The first-order valence-corrected chi connectivity index (χ1v) is 9.85. The lowest BCUT2D eigenvalue weighted by atomic mass is 9.94. The molecule has 124 valence electrons. The van der Waals surface area contributed by atoms with Crippen LogP contribution in [-0.2, 0) is 17.6 Å². The first kappa shape index (κ1) is 17.1. The van der Waals surface area contributed by atoms with E-state index in [0.717, 1.165) is 17.7 Å². The lowest BCUT2D eigenvalue weighted by Gasteiger charge is -2.17. The van der Waals surface area contributed by atoms with E-state index in [4.69, 9.17) is 11.6 Å². The number of thiazole rings is 1. The molecule has 2 heterocycles. The van der Waals surface area contributed by atoms with Gasteiger partial charge in [0.1, 0.15) is 0 Å². The molecule has 2 aromatic heterocycles. The van der Waals surface area contributed by atoms with Crippen molar-refractivity contribution < 1.29 is 4.79 Å². The SMILES string of the molecule is O=C(NCCc1cscn1)C(Cc1cccs1)c1ccc(Cl)cc1. The van der Waals surface area contributed by atoms with Crippen molar-refractivity contribution >= 4 is 40.2 Å². The zero-order valence-corrected chi connectivity index (χ0v) is 15.3. The third kappa shape index (κ3) is 4.66. The monoisotopic (exact) mass is 376 g/mol. The lowest BCUT2D eigenvalue weighted by molar-refractivity contribution is -0.122. The average molecular weight is 377 g/mol. The van der Waals surface area contributed by atoms with Crippen LogP contribution in [0.4, 0.5) is 0 Å². The van der Waals surface area contributed by atoms with Gasteiger partial charge < -0.3 is 5.32 Å². The number of carbonyl (C=O) groups excluding carboxylic acids is 1. The fourth-order valence-corrected chi connectivity index (χ4v) is 3.96.